The average molecular weight is 334 g/mol. The van der Waals surface area contributed by atoms with Crippen molar-refractivity contribution in [3.05, 3.63) is 41.1 Å². The van der Waals surface area contributed by atoms with Gasteiger partial charge in [-0.1, -0.05) is 11.6 Å². The van der Waals surface area contributed by atoms with Crippen LogP contribution in [0.1, 0.15) is 12.8 Å². The number of likely N-dealkylation sites (tertiary alicyclic amines) is 1. The number of rotatable bonds is 4. The van der Waals surface area contributed by atoms with Gasteiger partial charge in [-0.2, -0.15) is 5.26 Å². The molecule has 120 valence electrons. The van der Waals surface area contributed by atoms with E-state index in [1.54, 1.807) is 24.3 Å². The number of anilines is 1. The zero-order valence-corrected chi connectivity index (χ0v) is 13.1. The van der Waals surface area contributed by atoms with Crippen molar-refractivity contribution in [1.82, 2.24) is 4.90 Å². The monoisotopic (exact) mass is 333 g/mol. The Morgan fingerprint density at radius 3 is 2.43 bits per heavy atom. The molecule has 23 heavy (non-hydrogen) atoms. The summed E-state index contributed by atoms with van der Waals surface area (Å²) >= 11 is 5.79. The Labute approximate surface area is 139 Å². The highest BCUT2D eigenvalue weighted by atomic mass is 35.5. The molecule has 0 unspecified atom stereocenters. The number of nitrogens with one attached hydrogen (secondary N) is 1. The smallest absolute Gasteiger partial charge is 0.306 e. The van der Waals surface area contributed by atoms with Crippen molar-refractivity contribution in [1.29, 1.82) is 5.26 Å². The van der Waals surface area contributed by atoms with Crippen LogP contribution in [0, 0.1) is 17.2 Å². The zero-order valence-electron chi connectivity index (χ0n) is 12.3. The van der Waals surface area contributed by atoms with Crippen LogP contribution in [0.25, 0.3) is 0 Å². The van der Waals surface area contributed by atoms with Gasteiger partial charge in [-0.3, -0.25) is 9.59 Å². The first-order valence-electron chi connectivity index (χ1n) is 7.15. The number of carbonyl (C=O) groups excluding carboxylic acids is 1. The molecule has 0 saturated carbocycles. The highest BCUT2D eigenvalue weighted by Gasteiger charge is 2.28. The maximum absolute atomic E-state index is 12.3. The van der Waals surface area contributed by atoms with Crippen LogP contribution in [0.2, 0.25) is 5.02 Å². The third-order valence-corrected chi connectivity index (χ3v) is 3.96. The Kier molecular flexibility index (Phi) is 5.61. The molecule has 0 spiro atoms. The molecule has 1 aromatic rings. The lowest BCUT2D eigenvalue weighted by Gasteiger charge is -2.29. The Morgan fingerprint density at radius 2 is 1.91 bits per heavy atom. The Bertz CT molecular complexity index is 656. The summed E-state index contributed by atoms with van der Waals surface area (Å²) in [5.74, 6) is -1.64. The number of carboxylic acids is 1. The summed E-state index contributed by atoms with van der Waals surface area (Å²) in [4.78, 5) is 24.7. The van der Waals surface area contributed by atoms with Crippen molar-refractivity contribution >= 4 is 29.2 Å². The number of nitriles is 1. The topological polar surface area (TPSA) is 93.4 Å². The summed E-state index contributed by atoms with van der Waals surface area (Å²) in [5.41, 5.74) is 0.688. The van der Waals surface area contributed by atoms with Crippen molar-refractivity contribution in [2.75, 3.05) is 18.4 Å². The predicted molar refractivity (Wildman–Crippen MR) is 85.7 cm³/mol. The number of hydrogen-bond donors (Lipinski definition) is 2. The maximum atomic E-state index is 12.3. The van der Waals surface area contributed by atoms with E-state index in [0.29, 0.717) is 36.6 Å². The molecule has 2 rings (SSSR count). The number of amides is 1. The van der Waals surface area contributed by atoms with Gasteiger partial charge in [0.1, 0.15) is 11.6 Å². The number of nitrogens with zero attached hydrogens (tertiary/aromatic N) is 2. The minimum Gasteiger partial charge on any atom is -0.481 e. The first-order chi connectivity index (χ1) is 11.0. The van der Waals surface area contributed by atoms with E-state index in [9.17, 15) is 9.59 Å². The fraction of sp³-hybridized carbons (Fsp3) is 0.312. The van der Waals surface area contributed by atoms with Crippen molar-refractivity contribution in [3.8, 4) is 6.07 Å². The standard InChI is InChI=1S/C16H16ClN3O3/c17-13-1-3-14(4-2-13)19-10-12(9-18)15(21)20-7-5-11(6-8-20)16(22)23/h1-4,10-11,19H,5-8H2,(H,22,23)/b12-10-. The van der Waals surface area contributed by atoms with Gasteiger partial charge >= 0.3 is 5.97 Å². The summed E-state index contributed by atoms with van der Waals surface area (Å²) in [6.07, 6.45) is 2.17. The van der Waals surface area contributed by atoms with Crippen molar-refractivity contribution in [3.63, 3.8) is 0 Å². The van der Waals surface area contributed by atoms with Crippen LogP contribution in [0.3, 0.4) is 0 Å². The van der Waals surface area contributed by atoms with Crippen LogP contribution in [-0.2, 0) is 9.59 Å². The normalized spacial score (nSPS) is 15.8. The molecule has 1 fully saturated rings. The second-order valence-corrected chi connectivity index (χ2v) is 5.66. The van der Waals surface area contributed by atoms with Crippen LogP contribution in [-0.4, -0.2) is 35.0 Å². The van der Waals surface area contributed by atoms with Crippen LogP contribution in [0.15, 0.2) is 36.0 Å². The van der Waals surface area contributed by atoms with E-state index < -0.39 is 17.8 Å². The molecule has 0 aromatic heterocycles. The number of halogens is 1. The van der Waals surface area contributed by atoms with Gasteiger partial charge in [0, 0.05) is 30.0 Å². The largest absolute Gasteiger partial charge is 0.481 e. The number of piperidine rings is 1. The van der Waals surface area contributed by atoms with Gasteiger partial charge in [0.25, 0.3) is 5.91 Å². The van der Waals surface area contributed by atoms with Gasteiger partial charge in [-0.15, -0.1) is 0 Å². The molecule has 1 saturated heterocycles. The molecule has 0 aliphatic carbocycles. The molecule has 2 N–H and O–H groups in total. The van der Waals surface area contributed by atoms with Gasteiger partial charge in [-0.05, 0) is 37.1 Å². The van der Waals surface area contributed by atoms with E-state index in [1.807, 2.05) is 6.07 Å². The quantitative estimate of drug-likeness (QED) is 0.652. The third kappa shape index (κ3) is 4.47. The van der Waals surface area contributed by atoms with E-state index in [1.165, 1.54) is 11.1 Å². The van der Waals surface area contributed by atoms with Crippen LogP contribution in [0.4, 0.5) is 5.69 Å². The maximum Gasteiger partial charge on any atom is 0.306 e. The number of carbonyl (C=O) groups is 2. The molecule has 7 heteroatoms. The second kappa shape index (κ2) is 7.65. The Hall–Kier alpha value is -2.52. The molecular formula is C16H16ClN3O3. The molecule has 1 heterocycles. The Balaban J connectivity index is 1.99. The molecule has 1 aliphatic heterocycles. The summed E-state index contributed by atoms with van der Waals surface area (Å²) in [6, 6.07) is 8.74. The lowest BCUT2D eigenvalue weighted by atomic mass is 9.97. The first kappa shape index (κ1) is 16.8. The highest BCUT2D eigenvalue weighted by Crippen LogP contribution is 2.19. The number of benzene rings is 1. The molecule has 0 atom stereocenters. The third-order valence-electron chi connectivity index (χ3n) is 3.71. The lowest BCUT2D eigenvalue weighted by Crippen LogP contribution is -2.40. The minimum atomic E-state index is -0.836. The van der Waals surface area contributed by atoms with Gasteiger partial charge in [-0.25, -0.2) is 0 Å². The van der Waals surface area contributed by atoms with Gasteiger partial charge in [0.15, 0.2) is 0 Å². The summed E-state index contributed by atoms with van der Waals surface area (Å²) < 4.78 is 0. The van der Waals surface area contributed by atoms with Crippen LogP contribution >= 0.6 is 11.6 Å². The Morgan fingerprint density at radius 1 is 1.30 bits per heavy atom. The summed E-state index contributed by atoms with van der Waals surface area (Å²) in [7, 11) is 0. The lowest BCUT2D eigenvalue weighted by molar-refractivity contribution is -0.145. The van der Waals surface area contributed by atoms with Crippen molar-refractivity contribution < 1.29 is 14.7 Å². The van der Waals surface area contributed by atoms with Crippen molar-refractivity contribution in [2.24, 2.45) is 5.92 Å². The SMILES string of the molecule is N#C/C(=C/Nc1ccc(Cl)cc1)C(=O)N1CCC(C(=O)O)CC1. The van der Waals surface area contributed by atoms with Crippen LogP contribution < -0.4 is 5.32 Å². The molecule has 6 nitrogen and oxygen atoms in total. The molecule has 0 bridgehead atoms. The van der Waals surface area contributed by atoms with Gasteiger partial charge in [0.2, 0.25) is 0 Å². The average Bonchev–Trinajstić information content (AvgIpc) is 2.57. The second-order valence-electron chi connectivity index (χ2n) is 5.23. The molecular weight excluding hydrogens is 318 g/mol. The highest BCUT2D eigenvalue weighted by molar-refractivity contribution is 6.30. The van der Waals surface area contributed by atoms with E-state index >= 15 is 0 Å². The number of carboxylic acid groups (broad SMARTS) is 1. The zero-order chi connectivity index (χ0) is 16.8. The van der Waals surface area contributed by atoms with Crippen molar-refractivity contribution in [2.45, 2.75) is 12.8 Å². The molecule has 1 aromatic carbocycles. The predicted octanol–water partition coefficient (Wildman–Crippen LogP) is 2.48. The molecule has 0 radical (unpaired) electrons. The van der Waals surface area contributed by atoms with E-state index in [0.717, 1.165) is 0 Å². The van der Waals surface area contributed by atoms with E-state index in [2.05, 4.69) is 5.32 Å². The molecule has 1 amide bonds. The van der Waals surface area contributed by atoms with Gasteiger partial charge < -0.3 is 15.3 Å². The summed E-state index contributed by atoms with van der Waals surface area (Å²) in [6.45, 7) is 0.686. The van der Waals surface area contributed by atoms with E-state index in [4.69, 9.17) is 22.0 Å². The summed E-state index contributed by atoms with van der Waals surface area (Å²) in [5, 5.41) is 21.6. The van der Waals surface area contributed by atoms with Gasteiger partial charge in [0.05, 0.1) is 5.92 Å². The van der Waals surface area contributed by atoms with E-state index in [-0.39, 0.29) is 5.57 Å². The number of hydrogen-bond acceptors (Lipinski definition) is 4. The number of aliphatic carboxylic acids is 1. The minimum absolute atomic E-state index is 0.0197. The fourth-order valence-corrected chi connectivity index (χ4v) is 2.47. The molecule has 1 aliphatic rings. The fourth-order valence-electron chi connectivity index (χ4n) is 2.34. The van der Waals surface area contributed by atoms with Crippen LogP contribution in [0.5, 0.6) is 0 Å². The first-order valence-corrected chi connectivity index (χ1v) is 7.53.